The molecule has 0 aliphatic carbocycles. The molecule has 0 atom stereocenters. The average Bonchev–Trinajstić information content (AvgIpc) is 2.62. The number of benzene rings is 3. The average molecular weight is 314 g/mol. The summed E-state index contributed by atoms with van der Waals surface area (Å²) in [4.78, 5) is 4.64. The van der Waals surface area contributed by atoms with Crippen LogP contribution in [0.25, 0.3) is 0 Å². The van der Waals surface area contributed by atoms with E-state index in [0.29, 0.717) is 5.92 Å². The molecule has 1 heterocycles. The number of hydrogen-bond acceptors (Lipinski definition) is 2. The van der Waals surface area contributed by atoms with Gasteiger partial charge in [-0.2, -0.15) is 0 Å². The molecule has 0 bridgehead atoms. The molecule has 0 spiro atoms. The van der Waals surface area contributed by atoms with Crippen molar-refractivity contribution < 1.29 is 0 Å². The summed E-state index contributed by atoms with van der Waals surface area (Å²) in [5.74, 6) is 0.517. The lowest BCUT2D eigenvalue weighted by Crippen LogP contribution is -2.24. The van der Waals surface area contributed by atoms with Gasteiger partial charge >= 0.3 is 0 Å². The van der Waals surface area contributed by atoms with Gasteiger partial charge in [-0.05, 0) is 47.9 Å². The highest BCUT2D eigenvalue weighted by Gasteiger charge is 2.26. The van der Waals surface area contributed by atoms with Gasteiger partial charge in [0.2, 0.25) is 0 Å². The van der Waals surface area contributed by atoms with Crippen molar-refractivity contribution in [3.8, 4) is 0 Å². The highest BCUT2D eigenvalue weighted by Crippen LogP contribution is 2.50. The fourth-order valence-corrected chi connectivity index (χ4v) is 3.43. The van der Waals surface area contributed by atoms with Gasteiger partial charge in [0.1, 0.15) is 0 Å². The van der Waals surface area contributed by atoms with Crippen LogP contribution in [0.15, 0.2) is 72.8 Å². The lowest BCUT2D eigenvalue weighted by molar-refractivity contribution is 0.866. The van der Waals surface area contributed by atoms with Crippen molar-refractivity contribution in [3.05, 3.63) is 78.4 Å². The van der Waals surface area contributed by atoms with Crippen molar-refractivity contribution in [2.45, 2.75) is 19.8 Å². The second-order valence-electron chi connectivity index (χ2n) is 6.62. The molecule has 3 aromatic carbocycles. The van der Waals surface area contributed by atoms with Crippen LogP contribution in [-0.2, 0) is 0 Å². The first-order valence-electron chi connectivity index (χ1n) is 8.48. The monoisotopic (exact) mass is 314 g/mol. The molecule has 1 aliphatic rings. The minimum Gasteiger partial charge on any atom is -0.341 e. The van der Waals surface area contributed by atoms with Crippen LogP contribution in [0, 0.1) is 0 Å². The highest BCUT2D eigenvalue weighted by atomic mass is 15.3. The first-order valence-corrected chi connectivity index (χ1v) is 8.48. The smallest absolute Gasteiger partial charge is 0.0699 e. The largest absolute Gasteiger partial charge is 0.341 e. The fourth-order valence-electron chi connectivity index (χ4n) is 3.43. The van der Waals surface area contributed by atoms with E-state index in [1.807, 2.05) is 0 Å². The molecule has 3 aromatic rings. The van der Waals surface area contributed by atoms with Crippen molar-refractivity contribution in [3.63, 3.8) is 0 Å². The molecular formula is C22H22N2. The molecule has 0 fully saturated rings. The number of para-hydroxylation sites is 4. The summed E-state index contributed by atoms with van der Waals surface area (Å²) in [6.07, 6.45) is 0. The van der Waals surface area contributed by atoms with Crippen LogP contribution in [0.2, 0.25) is 0 Å². The summed E-state index contributed by atoms with van der Waals surface area (Å²) in [6.45, 7) is 4.48. The van der Waals surface area contributed by atoms with Crippen molar-refractivity contribution in [1.82, 2.24) is 0 Å². The van der Waals surface area contributed by atoms with Crippen molar-refractivity contribution in [2.24, 2.45) is 0 Å². The minimum atomic E-state index is 0.517. The molecule has 120 valence electrons. The SMILES string of the molecule is CC(C)c1cccc(N2c3ccccc3N(C)c3ccccc32)c1. The second-order valence-corrected chi connectivity index (χ2v) is 6.62. The van der Waals surface area contributed by atoms with Crippen LogP contribution in [0.3, 0.4) is 0 Å². The Morgan fingerprint density at radius 3 is 1.75 bits per heavy atom. The van der Waals surface area contributed by atoms with Crippen LogP contribution >= 0.6 is 0 Å². The number of hydrogen-bond donors (Lipinski definition) is 0. The third-order valence-electron chi connectivity index (χ3n) is 4.76. The Labute approximate surface area is 144 Å². The van der Waals surface area contributed by atoms with Gasteiger partial charge in [-0.25, -0.2) is 0 Å². The van der Waals surface area contributed by atoms with Crippen LogP contribution < -0.4 is 9.80 Å². The fraction of sp³-hybridized carbons (Fsp3) is 0.182. The first-order chi connectivity index (χ1) is 11.7. The highest BCUT2D eigenvalue weighted by molar-refractivity contribution is 5.97. The summed E-state index contributed by atoms with van der Waals surface area (Å²) < 4.78 is 0. The molecule has 0 N–H and O–H groups in total. The molecule has 4 rings (SSSR count). The first kappa shape index (κ1) is 14.8. The van der Waals surface area contributed by atoms with E-state index in [2.05, 4.69) is 103 Å². The standard InChI is InChI=1S/C22H22N2/c1-16(2)17-9-8-10-18(15-17)24-21-13-6-4-11-19(21)23(3)20-12-5-7-14-22(20)24/h4-16H,1-3H3. The lowest BCUT2D eigenvalue weighted by Gasteiger charge is -2.38. The molecule has 24 heavy (non-hydrogen) atoms. The van der Waals surface area contributed by atoms with Crippen molar-refractivity contribution in [1.29, 1.82) is 0 Å². The predicted octanol–water partition coefficient (Wildman–Crippen LogP) is 6.36. The van der Waals surface area contributed by atoms with Gasteiger partial charge in [-0.3, -0.25) is 0 Å². The zero-order valence-corrected chi connectivity index (χ0v) is 14.4. The zero-order chi connectivity index (χ0) is 16.7. The second kappa shape index (κ2) is 5.72. The summed E-state index contributed by atoms with van der Waals surface area (Å²) in [5.41, 5.74) is 7.48. The quantitative estimate of drug-likeness (QED) is 0.543. The molecule has 0 aromatic heterocycles. The zero-order valence-electron chi connectivity index (χ0n) is 14.4. The van der Waals surface area contributed by atoms with Gasteiger partial charge in [0.25, 0.3) is 0 Å². The molecule has 0 radical (unpaired) electrons. The van der Waals surface area contributed by atoms with E-state index in [4.69, 9.17) is 0 Å². The minimum absolute atomic E-state index is 0.517. The van der Waals surface area contributed by atoms with Gasteiger partial charge in [0.15, 0.2) is 0 Å². The normalized spacial score (nSPS) is 13.0. The van der Waals surface area contributed by atoms with E-state index < -0.39 is 0 Å². The molecular weight excluding hydrogens is 292 g/mol. The predicted molar refractivity (Wildman–Crippen MR) is 103 cm³/mol. The Morgan fingerprint density at radius 2 is 1.21 bits per heavy atom. The van der Waals surface area contributed by atoms with Gasteiger partial charge in [0.05, 0.1) is 22.7 Å². The Morgan fingerprint density at radius 1 is 0.667 bits per heavy atom. The number of fused-ring (bicyclic) bond motifs is 2. The van der Waals surface area contributed by atoms with Gasteiger partial charge < -0.3 is 9.80 Å². The maximum Gasteiger partial charge on any atom is 0.0699 e. The molecule has 0 saturated heterocycles. The molecule has 0 amide bonds. The van der Waals surface area contributed by atoms with E-state index in [0.717, 1.165) is 0 Å². The Kier molecular flexibility index (Phi) is 3.53. The van der Waals surface area contributed by atoms with Gasteiger partial charge in [0, 0.05) is 12.7 Å². The van der Waals surface area contributed by atoms with Crippen LogP contribution in [0.5, 0.6) is 0 Å². The van der Waals surface area contributed by atoms with Crippen LogP contribution in [0.1, 0.15) is 25.3 Å². The number of rotatable bonds is 2. The van der Waals surface area contributed by atoms with Crippen molar-refractivity contribution in [2.75, 3.05) is 16.8 Å². The summed E-state index contributed by atoms with van der Waals surface area (Å²) in [6, 6.07) is 26.1. The van der Waals surface area contributed by atoms with Gasteiger partial charge in [-0.1, -0.05) is 50.2 Å². The van der Waals surface area contributed by atoms with E-state index in [-0.39, 0.29) is 0 Å². The number of nitrogens with zero attached hydrogens (tertiary/aromatic N) is 2. The maximum absolute atomic E-state index is 2.37. The molecule has 0 saturated carbocycles. The summed E-state index contributed by atoms with van der Waals surface area (Å²) >= 11 is 0. The molecule has 2 nitrogen and oxygen atoms in total. The Balaban J connectivity index is 1.96. The van der Waals surface area contributed by atoms with Crippen molar-refractivity contribution >= 4 is 28.4 Å². The van der Waals surface area contributed by atoms with Crippen LogP contribution in [-0.4, -0.2) is 7.05 Å². The number of anilines is 5. The molecule has 1 aliphatic heterocycles. The molecule has 0 unspecified atom stereocenters. The third-order valence-corrected chi connectivity index (χ3v) is 4.76. The van der Waals surface area contributed by atoms with E-state index >= 15 is 0 Å². The maximum atomic E-state index is 2.37. The molecule has 2 heteroatoms. The Bertz CT molecular complexity index is 835. The van der Waals surface area contributed by atoms with E-state index in [1.54, 1.807) is 0 Å². The topological polar surface area (TPSA) is 6.48 Å². The third kappa shape index (κ3) is 2.26. The van der Waals surface area contributed by atoms with Crippen LogP contribution in [0.4, 0.5) is 28.4 Å². The van der Waals surface area contributed by atoms with Gasteiger partial charge in [-0.15, -0.1) is 0 Å². The lowest BCUT2D eigenvalue weighted by atomic mass is 10.0. The van der Waals surface area contributed by atoms with E-state index in [1.165, 1.54) is 34.0 Å². The van der Waals surface area contributed by atoms with E-state index in [9.17, 15) is 0 Å². The summed E-state index contributed by atoms with van der Waals surface area (Å²) in [5, 5.41) is 0. The summed E-state index contributed by atoms with van der Waals surface area (Å²) in [7, 11) is 2.14. The Hall–Kier alpha value is -2.74.